The maximum Gasteiger partial charge on any atom is 0.408 e. The van der Waals surface area contributed by atoms with E-state index in [1.54, 1.807) is 46.8 Å². The maximum absolute atomic E-state index is 12.2. The Balaban J connectivity index is -0.000000138. The number of rotatable bonds is 11. The van der Waals surface area contributed by atoms with Gasteiger partial charge in [-0.25, -0.2) is 4.79 Å². The molecule has 3 atom stereocenters. The molecule has 12 nitrogen and oxygen atoms in total. The zero-order valence-corrected chi connectivity index (χ0v) is 35.9. The Bertz CT molecular complexity index is 1030. The molecular weight excluding hydrogens is 992 g/mol. The number of phenols is 1. The average molecular weight is 1040 g/mol. The van der Waals surface area contributed by atoms with E-state index in [4.69, 9.17) is 28.2 Å². The number of ether oxygens (including phenoxy) is 1. The predicted molar refractivity (Wildman–Crippen MR) is 181 cm³/mol. The van der Waals surface area contributed by atoms with Crippen LogP contribution in [-0.4, -0.2) is 71.4 Å². The Labute approximate surface area is 336 Å². The van der Waals surface area contributed by atoms with Crippen molar-refractivity contribution in [3.05, 3.63) is 35.6 Å². The SMILES string of the molecule is C#C.C#C.CCC([NH-])=O.CCNC(=O)[C@@H](NC(=O)CNC(=O)[C@H](C[S-])NC(=O)OC(C)(C)C)[C@@H](C)CC.Cc1ccc(O)cc1.[Pd].[Pd].[Ta]. The number of benzene rings is 1. The fraction of sp³-hybridized carbons (Fsp3) is 0.531. The molecule has 0 aromatic heterocycles. The van der Waals surface area contributed by atoms with Crippen LogP contribution in [0.3, 0.4) is 0 Å². The minimum atomic E-state index is -1.01. The monoisotopic (exact) mass is 1040 g/mol. The van der Waals surface area contributed by atoms with E-state index >= 15 is 0 Å². The Hall–Kier alpha value is -2.30. The third kappa shape index (κ3) is 36.5. The summed E-state index contributed by atoms with van der Waals surface area (Å²) in [6.07, 6.45) is 16.3. The summed E-state index contributed by atoms with van der Waals surface area (Å²) in [5, 5.41) is 18.9. The number of carbonyl (C=O) groups is 5. The fourth-order valence-corrected chi connectivity index (χ4v) is 2.91. The Morgan fingerprint density at radius 2 is 1.38 bits per heavy atom. The molecule has 1 rings (SSSR count). The fourth-order valence-electron chi connectivity index (χ4n) is 2.68. The topological polar surface area (TPSA) is 187 Å². The molecule has 0 bridgehead atoms. The van der Waals surface area contributed by atoms with Crippen molar-refractivity contribution < 1.29 is 97.0 Å². The summed E-state index contributed by atoms with van der Waals surface area (Å²) >= 11 is 4.89. The molecule has 48 heavy (non-hydrogen) atoms. The number of carbonyl (C=O) groups excluding carboxylic acids is 5. The number of hydrogen-bond donors (Lipinski definition) is 5. The van der Waals surface area contributed by atoms with E-state index in [1.807, 2.05) is 32.9 Å². The van der Waals surface area contributed by atoms with E-state index in [9.17, 15) is 24.0 Å². The second-order valence-corrected chi connectivity index (χ2v) is 10.4. The first-order valence-corrected chi connectivity index (χ1v) is 14.7. The molecule has 5 amide bonds. The van der Waals surface area contributed by atoms with Crippen molar-refractivity contribution in [3.63, 3.8) is 0 Å². The number of nitrogens with one attached hydrogen (secondary N) is 5. The van der Waals surface area contributed by atoms with Crippen molar-refractivity contribution >= 4 is 42.4 Å². The summed E-state index contributed by atoms with van der Waals surface area (Å²) in [6, 6.07) is 5.39. The minimum Gasteiger partial charge on any atom is -0.790 e. The first-order chi connectivity index (χ1) is 21.0. The van der Waals surface area contributed by atoms with Crippen molar-refractivity contribution in [1.82, 2.24) is 21.3 Å². The molecule has 0 saturated carbocycles. The average Bonchev–Trinajstić information content (AvgIpc) is 3.00. The number of amides is 5. The van der Waals surface area contributed by atoms with Gasteiger partial charge in [0.2, 0.25) is 17.7 Å². The smallest absolute Gasteiger partial charge is 0.408 e. The van der Waals surface area contributed by atoms with Crippen LogP contribution in [0.1, 0.15) is 66.9 Å². The van der Waals surface area contributed by atoms with Gasteiger partial charge in [-0.15, -0.1) is 31.4 Å². The Kier molecular flexibility index (Phi) is 47.7. The number of likely N-dealkylation sites (N-methyl/N-ethyl adjacent to an activating group) is 1. The number of aromatic hydroxyl groups is 1. The zero-order valence-electron chi connectivity index (χ0n) is 28.8. The van der Waals surface area contributed by atoms with Gasteiger partial charge in [-0.1, -0.05) is 44.9 Å². The molecule has 0 spiro atoms. The zero-order chi connectivity index (χ0) is 36.2. The van der Waals surface area contributed by atoms with E-state index in [0.717, 1.165) is 0 Å². The van der Waals surface area contributed by atoms with Gasteiger partial charge < -0.3 is 54.3 Å². The molecule has 0 unspecified atom stereocenters. The van der Waals surface area contributed by atoms with Gasteiger partial charge in [-0.2, -0.15) is 0 Å². The molecule has 0 aliphatic rings. The van der Waals surface area contributed by atoms with Gasteiger partial charge in [0.1, 0.15) is 17.4 Å². The molecule has 0 saturated heterocycles. The van der Waals surface area contributed by atoms with Crippen LogP contribution in [-0.2, 0) is 99.8 Å². The molecule has 1 aromatic carbocycles. The van der Waals surface area contributed by atoms with Crippen molar-refractivity contribution in [3.8, 4) is 31.4 Å². The van der Waals surface area contributed by atoms with E-state index in [2.05, 4.69) is 47.0 Å². The van der Waals surface area contributed by atoms with Gasteiger partial charge in [0.15, 0.2) is 0 Å². The number of phenolic OH excluding ortho intramolecular Hbond substituents is 1. The molecule has 279 valence electrons. The summed E-state index contributed by atoms with van der Waals surface area (Å²) in [5.41, 5.74) is 6.64. The van der Waals surface area contributed by atoms with Crippen molar-refractivity contribution in [2.75, 3.05) is 18.8 Å². The van der Waals surface area contributed by atoms with Crippen LogP contribution >= 0.6 is 0 Å². The number of alkyl carbamates (subject to hydrolysis) is 1. The van der Waals surface area contributed by atoms with Gasteiger partial charge in [0, 0.05) is 75.7 Å². The van der Waals surface area contributed by atoms with Crippen molar-refractivity contribution in [2.24, 2.45) is 5.92 Å². The second kappa shape index (κ2) is 37.5. The molecule has 1 aromatic rings. The largest absolute Gasteiger partial charge is 0.790 e. The first kappa shape index (κ1) is 61.0. The van der Waals surface area contributed by atoms with Crippen LogP contribution in [0.5, 0.6) is 5.75 Å². The number of aryl methyl sites for hydroxylation is 1. The van der Waals surface area contributed by atoms with Gasteiger partial charge >= 0.3 is 6.09 Å². The molecule has 0 heterocycles. The molecule has 0 aliphatic carbocycles. The summed E-state index contributed by atoms with van der Waals surface area (Å²) < 4.78 is 5.09. The van der Waals surface area contributed by atoms with Gasteiger partial charge in [0.25, 0.3) is 0 Å². The molecule has 16 heteroatoms. The van der Waals surface area contributed by atoms with E-state index in [-0.39, 0.29) is 87.3 Å². The third-order valence-corrected chi connectivity index (χ3v) is 5.45. The van der Waals surface area contributed by atoms with Crippen LogP contribution < -0.4 is 21.3 Å². The molecule has 1 radical (unpaired) electrons. The third-order valence-electron chi connectivity index (χ3n) is 5.12. The molecular formula is C32H51N5O7Pd2STa-2. The minimum absolute atomic E-state index is 0. The summed E-state index contributed by atoms with van der Waals surface area (Å²) in [5.74, 6) is -1.70. The van der Waals surface area contributed by atoms with Crippen molar-refractivity contribution in [1.29, 1.82) is 0 Å². The molecule has 0 fully saturated rings. The Morgan fingerprint density at radius 1 is 0.917 bits per heavy atom. The summed E-state index contributed by atoms with van der Waals surface area (Å²) in [7, 11) is 0. The maximum atomic E-state index is 12.2. The Morgan fingerprint density at radius 3 is 1.71 bits per heavy atom. The second-order valence-electron chi connectivity index (χ2n) is 10.0. The summed E-state index contributed by atoms with van der Waals surface area (Å²) in [4.78, 5) is 57.7. The standard InChI is InChI=1S/C18H34N4O5S.C7H8O.C3H7NO.2C2H2.2Pd.Ta/c1-7-11(3)14(16(25)19-8-2)22-13(23)9-20-15(24)12(10-28)21-17(26)27-18(4,5)6;1-6-2-4-7(8)5-3-6;1-2-3(4)5;2*1-2;;;/h11-12,14,28H,7-10H2,1-6H3,(H,19,25)(H,20,24)(H,21,26)(H,22,23);2-5,8H,1H3;2H2,1H3,(H2,4,5);2*1-2H;;;/p-2/t11-,12-,14-;;;;;;;/m0......./s1. The van der Waals surface area contributed by atoms with E-state index in [1.165, 1.54) is 5.56 Å². The van der Waals surface area contributed by atoms with Gasteiger partial charge in [-0.3, -0.25) is 14.4 Å². The quantitative estimate of drug-likeness (QED) is 0.127. The van der Waals surface area contributed by atoms with Crippen molar-refractivity contribution in [2.45, 2.75) is 85.9 Å². The van der Waals surface area contributed by atoms with Crippen LogP contribution in [0.25, 0.3) is 5.73 Å². The van der Waals surface area contributed by atoms with Crippen LogP contribution in [0.15, 0.2) is 24.3 Å². The number of hydrogen-bond acceptors (Lipinski definition) is 8. The first-order valence-electron chi connectivity index (χ1n) is 14.1. The van der Waals surface area contributed by atoms with Crippen LogP contribution in [0.2, 0.25) is 0 Å². The normalized spacial score (nSPS) is 10.7. The summed E-state index contributed by atoms with van der Waals surface area (Å²) in [6.45, 7) is 14.4. The molecule has 0 aliphatic heterocycles. The molecule has 6 N–H and O–H groups in total. The van der Waals surface area contributed by atoms with E-state index < -0.39 is 41.5 Å². The van der Waals surface area contributed by atoms with Gasteiger partial charge in [0.05, 0.1) is 12.6 Å². The van der Waals surface area contributed by atoms with Crippen LogP contribution in [0, 0.1) is 38.5 Å². The van der Waals surface area contributed by atoms with E-state index in [0.29, 0.717) is 25.1 Å². The van der Waals surface area contributed by atoms with Crippen LogP contribution in [0.4, 0.5) is 4.79 Å². The number of terminal acetylenes is 2. The van der Waals surface area contributed by atoms with Gasteiger partial charge in [-0.05, 0) is 59.1 Å². The predicted octanol–water partition coefficient (Wildman–Crippen LogP) is 3.38.